The fraction of sp³-hybridized carbons (Fsp3) is 0.833. The molecule has 1 aliphatic heterocycles. The molecule has 1 heterocycles. The summed E-state index contributed by atoms with van der Waals surface area (Å²) < 4.78 is 0. The first-order chi connectivity index (χ1) is 8.13. The molecule has 5 heteroatoms. The van der Waals surface area contributed by atoms with E-state index < -0.39 is 0 Å². The Hall–Kier alpha value is -0.770. The van der Waals surface area contributed by atoms with Gasteiger partial charge in [-0.3, -0.25) is 9.59 Å². The van der Waals surface area contributed by atoms with E-state index in [1.165, 1.54) is 6.92 Å². The van der Waals surface area contributed by atoms with Crippen molar-refractivity contribution < 1.29 is 9.59 Å². The number of unbranched alkanes of at least 4 members (excludes halogenated alkanes) is 1. The maximum absolute atomic E-state index is 11.8. The molecule has 0 atom stereocenters. The fourth-order valence-corrected chi connectivity index (χ4v) is 2.28. The number of rotatable bonds is 5. The van der Waals surface area contributed by atoms with Crippen LogP contribution < -0.4 is 5.32 Å². The number of carbonyl (C=O) groups is 2. The molecule has 98 valence electrons. The summed E-state index contributed by atoms with van der Waals surface area (Å²) in [6, 6.07) is 0.236. The Kier molecular flexibility index (Phi) is 6.34. The molecular weight excluding hydrogens is 240 g/mol. The summed E-state index contributed by atoms with van der Waals surface area (Å²) in [5.41, 5.74) is 0. The first kappa shape index (κ1) is 14.3. The van der Waals surface area contributed by atoms with Crippen LogP contribution in [0.3, 0.4) is 0 Å². The molecule has 0 saturated carbocycles. The predicted molar refractivity (Wildman–Crippen MR) is 68.0 cm³/mol. The Morgan fingerprint density at radius 2 is 1.94 bits per heavy atom. The highest BCUT2D eigenvalue weighted by Crippen LogP contribution is 2.12. The SMILES string of the molecule is CC(=O)NC1CCN(C(=O)CCCCCl)CC1. The second kappa shape index (κ2) is 7.54. The number of hydrogen-bond donors (Lipinski definition) is 1. The largest absolute Gasteiger partial charge is 0.353 e. The highest BCUT2D eigenvalue weighted by Gasteiger charge is 2.22. The van der Waals surface area contributed by atoms with Gasteiger partial charge < -0.3 is 10.2 Å². The monoisotopic (exact) mass is 260 g/mol. The molecule has 0 bridgehead atoms. The number of piperidine rings is 1. The Morgan fingerprint density at radius 1 is 1.29 bits per heavy atom. The van der Waals surface area contributed by atoms with Gasteiger partial charge in [-0.25, -0.2) is 0 Å². The first-order valence-electron chi connectivity index (χ1n) is 6.24. The highest BCUT2D eigenvalue weighted by atomic mass is 35.5. The second-order valence-corrected chi connectivity index (χ2v) is 4.88. The minimum Gasteiger partial charge on any atom is -0.353 e. The number of nitrogens with zero attached hydrogens (tertiary/aromatic N) is 1. The lowest BCUT2D eigenvalue weighted by molar-refractivity contribution is -0.132. The van der Waals surface area contributed by atoms with Crippen molar-refractivity contribution in [1.29, 1.82) is 0 Å². The molecule has 0 aromatic heterocycles. The average Bonchev–Trinajstić information content (AvgIpc) is 2.29. The van der Waals surface area contributed by atoms with Crippen LogP contribution in [-0.4, -0.2) is 41.7 Å². The summed E-state index contributed by atoms with van der Waals surface area (Å²) in [4.78, 5) is 24.6. The quantitative estimate of drug-likeness (QED) is 0.602. The number of alkyl halides is 1. The van der Waals surface area contributed by atoms with Crippen LogP contribution in [0.25, 0.3) is 0 Å². The number of amides is 2. The minimum atomic E-state index is 0.0110. The van der Waals surface area contributed by atoms with E-state index in [2.05, 4.69) is 5.32 Å². The summed E-state index contributed by atoms with van der Waals surface area (Å²) in [6.07, 6.45) is 4.09. The summed E-state index contributed by atoms with van der Waals surface area (Å²) in [5.74, 6) is 0.853. The maximum atomic E-state index is 11.8. The topological polar surface area (TPSA) is 49.4 Å². The third-order valence-corrected chi connectivity index (χ3v) is 3.30. The molecule has 0 aliphatic carbocycles. The molecule has 0 spiro atoms. The molecule has 1 rings (SSSR count). The zero-order valence-corrected chi connectivity index (χ0v) is 11.1. The molecule has 4 nitrogen and oxygen atoms in total. The molecule has 1 N–H and O–H groups in total. The smallest absolute Gasteiger partial charge is 0.222 e. The van der Waals surface area contributed by atoms with Gasteiger partial charge in [0.1, 0.15) is 0 Å². The number of halogens is 1. The zero-order valence-electron chi connectivity index (χ0n) is 10.4. The van der Waals surface area contributed by atoms with Gasteiger partial charge in [-0.15, -0.1) is 11.6 Å². The summed E-state index contributed by atoms with van der Waals surface area (Å²) >= 11 is 5.57. The minimum absolute atomic E-state index is 0.0110. The summed E-state index contributed by atoms with van der Waals surface area (Å²) in [6.45, 7) is 3.04. The number of carbonyl (C=O) groups excluding carboxylic acids is 2. The van der Waals surface area contributed by atoms with E-state index in [-0.39, 0.29) is 17.9 Å². The molecule has 0 aromatic rings. The molecule has 0 aromatic carbocycles. The maximum Gasteiger partial charge on any atom is 0.222 e. The lowest BCUT2D eigenvalue weighted by Gasteiger charge is -2.32. The highest BCUT2D eigenvalue weighted by molar-refractivity contribution is 6.17. The van der Waals surface area contributed by atoms with Gasteiger partial charge in [0.2, 0.25) is 11.8 Å². The van der Waals surface area contributed by atoms with Crippen molar-refractivity contribution in [2.75, 3.05) is 19.0 Å². The van der Waals surface area contributed by atoms with E-state index in [1.54, 1.807) is 0 Å². The van der Waals surface area contributed by atoms with Gasteiger partial charge in [0.15, 0.2) is 0 Å². The first-order valence-corrected chi connectivity index (χ1v) is 6.77. The predicted octanol–water partition coefficient (Wildman–Crippen LogP) is 1.52. The van der Waals surface area contributed by atoms with E-state index in [9.17, 15) is 9.59 Å². The third-order valence-electron chi connectivity index (χ3n) is 3.03. The fourth-order valence-electron chi connectivity index (χ4n) is 2.09. The molecule has 1 aliphatic rings. The summed E-state index contributed by atoms with van der Waals surface area (Å²) in [7, 11) is 0. The molecular formula is C12H21ClN2O2. The van der Waals surface area contributed by atoms with Crippen LogP contribution in [0.15, 0.2) is 0 Å². The van der Waals surface area contributed by atoms with Crippen molar-refractivity contribution in [3.8, 4) is 0 Å². The van der Waals surface area contributed by atoms with Crippen LogP contribution in [0.2, 0.25) is 0 Å². The normalized spacial score (nSPS) is 16.9. The number of hydrogen-bond acceptors (Lipinski definition) is 2. The molecule has 2 amide bonds. The van der Waals surface area contributed by atoms with Crippen molar-refractivity contribution in [3.05, 3.63) is 0 Å². The van der Waals surface area contributed by atoms with Gasteiger partial charge in [0, 0.05) is 38.4 Å². The van der Waals surface area contributed by atoms with Crippen molar-refractivity contribution in [3.63, 3.8) is 0 Å². The Morgan fingerprint density at radius 3 is 2.47 bits per heavy atom. The van der Waals surface area contributed by atoms with E-state index in [0.29, 0.717) is 12.3 Å². The zero-order chi connectivity index (χ0) is 12.7. The van der Waals surface area contributed by atoms with Gasteiger partial charge in [0.05, 0.1) is 0 Å². The molecule has 1 saturated heterocycles. The van der Waals surface area contributed by atoms with Gasteiger partial charge >= 0.3 is 0 Å². The van der Waals surface area contributed by atoms with E-state index in [4.69, 9.17) is 11.6 Å². The number of nitrogens with one attached hydrogen (secondary N) is 1. The van der Waals surface area contributed by atoms with Crippen LogP contribution >= 0.6 is 11.6 Å². The Bertz CT molecular complexity index is 263. The average molecular weight is 261 g/mol. The van der Waals surface area contributed by atoms with Crippen LogP contribution in [0.5, 0.6) is 0 Å². The van der Waals surface area contributed by atoms with Crippen molar-refractivity contribution >= 4 is 23.4 Å². The van der Waals surface area contributed by atoms with Crippen LogP contribution in [0, 0.1) is 0 Å². The molecule has 0 radical (unpaired) electrons. The van der Waals surface area contributed by atoms with Crippen molar-refractivity contribution in [2.45, 2.75) is 45.1 Å². The van der Waals surface area contributed by atoms with Crippen molar-refractivity contribution in [1.82, 2.24) is 10.2 Å². The Labute approximate surface area is 108 Å². The lowest BCUT2D eigenvalue weighted by Crippen LogP contribution is -2.46. The van der Waals surface area contributed by atoms with Crippen LogP contribution in [0.4, 0.5) is 0 Å². The van der Waals surface area contributed by atoms with E-state index in [1.807, 2.05) is 4.90 Å². The molecule has 0 unspecified atom stereocenters. The van der Waals surface area contributed by atoms with Crippen molar-refractivity contribution in [2.24, 2.45) is 0 Å². The summed E-state index contributed by atoms with van der Waals surface area (Å²) in [5, 5.41) is 2.90. The van der Waals surface area contributed by atoms with Gasteiger partial charge in [-0.05, 0) is 25.7 Å². The van der Waals surface area contributed by atoms with E-state index >= 15 is 0 Å². The molecule has 1 fully saturated rings. The van der Waals surface area contributed by atoms with Crippen LogP contribution in [-0.2, 0) is 9.59 Å². The van der Waals surface area contributed by atoms with Gasteiger partial charge in [-0.2, -0.15) is 0 Å². The van der Waals surface area contributed by atoms with E-state index in [0.717, 1.165) is 38.8 Å². The lowest BCUT2D eigenvalue weighted by atomic mass is 10.0. The molecule has 17 heavy (non-hydrogen) atoms. The third kappa shape index (κ3) is 5.39. The standard InChI is InChI=1S/C12H21ClN2O2/c1-10(16)14-11-5-8-15(9-6-11)12(17)4-2-3-7-13/h11H,2-9H2,1H3,(H,14,16). The van der Waals surface area contributed by atoms with Gasteiger partial charge in [-0.1, -0.05) is 0 Å². The second-order valence-electron chi connectivity index (χ2n) is 4.50. The van der Waals surface area contributed by atoms with Crippen LogP contribution in [0.1, 0.15) is 39.0 Å². The van der Waals surface area contributed by atoms with Gasteiger partial charge in [0.25, 0.3) is 0 Å². The number of likely N-dealkylation sites (tertiary alicyclic amines) is 1. The Balaban J connectivity index is 2.21.